The van der Waals surface area contributed by atoms with Crippen molar-refractivity contribution in [2.45, 2.75) is 13.3 Å². The van der Waals surface area contributed by atoms with E-state index in [1.165, 1.54) is 17.4 Å². The summed E-state index contributed by atoms with van der Waals surface area (Å²) >= 11 is 0. The predicted molar refractivity (Wildman–Crippen MR) is 77.4 cm³/mol. The Kier molecular flexibility index (Phi) is 6.73. The Balaban J connectivity index is 2.53. The van der Waals surface area contributed by atoms with Gasteiger partial charge in [-0.25, -0.2) is 4.79 Å². The van der Waals surface area contributed by atoms with Crippen LogP contribution in [0.15, 0.2) is 30.3 Å². The van der Waals surface area contributed by atoms with Crippen LogP contribution < -0.4 is 0 Å². The molecule has 0 saturated carbocycles. The molecular formula is C15H22N2O3. The van der Waals surface area contributed by atoms with Crippen molar-refractivity contribution in [1.29, 1.82) is 0 Å². The van der Waals surface area contributed by atoms with Crippen molar-refractivity contribution in [2.75, 3.05) is 33.9 Å². The minimum Gasteiger partial charge on any atom is -0.383 e. The fourth-order valence-electron chi connectivity index (χ4n) is 1.81. The maximum Gasteiger partial charge on any atom is 0.326 e. The third-order valence-electron chi connectivity index (χ3n) is 3.04. The summed E-state index contributed by atoms with van der Waals surface area (Å²) in [5.74, 6) is -0.265. The molecule has 5 heteroatoms. The zero-order valence-electron chi connectivity index (χ0n) is 12.3. The van der Waals surface area contributed by atoms with Crippen LogP contribution in [0, 0.1) is 0 Å². The number of benzene rings is 1. The third-order valence-corrected chi connectivity index (χ3v) is 3.04. The normalized spacial score (nSPS) is 10.2. The number of imide groups is 1. The largest absolute Gasteiger partial charge is 0.383 e. The van der Waals surface area contributed by atoms with Gasteiger partial charge in [0.1, 0.15) is 0 Å². The van der Waals surface area contributed by atoms with Crippen molar-refractivity contribution in [3.63, 3.8) is 0 Å². The predicted octanol–water partition coefficient (Wildman–Crippen LogP) is 1.78. The number of methoxy groups -OCH3 is 1. The number of ether oxygens (including phenoxy) is 1. The van der Waals surface area contributed by atoms with E-state index in [0.717, 1.165) is 6.42 Å². The Hall–Kier alpha value is -1.88. The Bertz CT molecular complexity index is 434. The molecule has 110 valence electrons. The highest BCUT2D eigenvalue weighted by Gasteiger charge is 2.21. The minimum absolute atomic E-state index is 0.265. The smallest absolute Gasteiger partial charge is 0.326 e. The Labute approximate surface area is 120 Å². The van der Waals surface area contributed by atoms with Crippen molar-refractivity contribution in [3.05, 3.63) is 35.9 Å². The molecule has 0 saturated heterocycles. The van der Waals surface area contributed by atoms with Gasteiger partial charge in [-0.1, -0.05) is 30.3 Å². The standard InChI is InChI=1S/C15H22N2O3/c1-13(18)17(11-12-20-3)15(19)16(2)10-9-14-7-5-4-6-8-14/h4-8H,9-12H2,1-3H3. The first-order valence-corrected chi connectivity index (χ1v) is 6.62. The quantitative estimate of drug-likeness (QED) is 0.797. The van der Waals surface area contributed by atoms with Crippen LogP contribution in [-0.4, -0.2) is 55.6 Å². The molecule has 0 unspecified atom stereocenters. The summed E-state index contributed by atoms with van der Waals surface area (Å²) in [5, 5.41) is 0. The molecule has 0 spiro atoms. The van der Waals surface area contributed by atoms with Gasteiger partial charge in [-0.2, -0.15) is 0 Å². The number of urea groups is 1. The highest BCUT2D eigenvalue weighted by molar-refractivity contribution is 5.93. The maximum atomic E-state index is 12.2. The first-order chi connectivity index (χ1) is 9.56. The maximum absolute atomic E-state index is 12.2. The van der Waals surface area contributed by atoms with Crippen LogP contribution in [0.5, 0.6) is 0 Å². The summed E-state index contributed by atoms with van der Waals surface area (Å²) in [4.78, 5) is 26.4. The van der Waals surface area contributed by atoms with Gasteiger partial charge >= 0.3 is 6.03 Å². The third kappa shape index (κ3) is 5.01. The van der Waals surface area contributed by atoms with E-state index in [1.54, 1.807) is 19.1 Å². The van der Waals surface area contributed by atoms with Gasteiger partial charge in [-0.15, -0.1) is 0 Å². The molecule has 0 aliphatic rings. The summed E-state index contributed by atoms with van der Waals surface area (Å²) in [7, 11) is 3.25. The molecule has 0 aromatic heterocycles. The zero-order chi connectivity index (χ0) is 15.0. The monoisotopic (exact) mass is 278 g/mol. The topological polar surface area (TPSA) is 49.9 Å². The van der Waals surface area contributed by atoms with Gasteiger partial charge in [0.15, 0.2) is 0 Å². The molecule has 0 heterocycles. The Morgan fingerprint density at radius 2 is 1.80 bits per heavy atom. The van der Waals surface area contributed by atoms with Crippen LogP contribution in [0.4, 0.5) is 4.79 Å². The number of carbonyl (C=O) groups is 2. The molecule has 1 aromatic rings. The number of hydrogen-bond acceptors (Lipinski definition) is 3. The first-order valence-electron chi connectivity index (χ1n) is 6.62. The van der Waals surface area contributed by atoms with Gasteiger partial charge in [0, 0.05) is 27.6 Å². The highest BCUT2D eigenvalue weighted by atomic mass is 16.5. The van der Waals surface area contributed by atoms with E-state index in [0.29, 0.717) is 13.2 Å². The number of carbonyl (C=O) groups excluding carboxylic acids is 2. The number of hydrogen-bond donors (Lipinski definition) is 0. The second-order valence-corrected chi connectivity index (χ2v) is 4.60. The molecule has 0 bridgehead atoms. The summed E-state index contributed by atoms with van der Waals surface area (Å²) in [6, 6.07) is 9.65. The van der Waals surface area contributed by atoms with Gasteiger partial charge in [0.05, 0.1) is 13.2 Å². The van der Waals surface area contributed by atoms with Gasteiger partial charge in [0.2, 0.25) is 5.91 Å². The average Bonchev–Trinajstić information content (AvgIpc) is 2.45. The van der Waals surface area contributed by atoms with Crippen molar-refractivity contribution >= 4 is 11.9 Å². The van der Waals surface area contributed by atoms with Gasteiger partial charge < -0.3 is 9.64 Å². The Morgan fingerprint density at radius 1 is 1.15 bits per heavy atom. The van der Waals surface area contributed by atoms with E-state index in [-0.39, 0.29) is 18.5 Å². The van der Waals surface area contributed by atoms with E-state index in [4.69, 9.17) is 4.74 Å². The molecule has 1 aromatic carbocycles. The van der Waals surface area contributed by atoms with Crippen molar-refractivity contribution in [2.24, 2.45) is 0 Å². The van der Waals surface area contributed by atoms with E-state index in [9.17, 15) is 9.59 Å². The SMILES string of the molecule is COCCN(C(C)=O)C(=O)N(C)CCc1ccccc1. The van der Waals surface area contributed by atoms with Crippen LogP contribution in [0.25, 0.3) is 0 Å². The lowest BCUT2D eigenvalue weighted by Crippen LogP contribution is -2.45. The summed E-state index contributed by atoms with van der Waals surface area (Å²) in [6.07, 6.45) is 0.763. The van der Waals surface area contributed by atoms with Gasteiger partial charge in [-0.3, -0.25) is 9.69 Å². The molecule has 20 heavy (non-hydrogen) atoms. The molecule has 0 fully saturated rings. The van der Waals surface area contributed by atoms with Crippen LogP contribution in [0.3, 0.4) is 0 Å². The second-order valence-electron chi connectivity index (χ2n) is 4.60. The van der Waals surface area contributed by atoms with E-state index >= 15 is 0 Å². The first kappa shape index (κ1) is 16.2. The minimum atomic E-state index is -0.287. The molecule has 0 aliphatic carbocycles. The van der Waals surface area contributed by atoms with Crippen LogP contribution in [-0.2, 0) is 16.0 Å². The summed E-state index contributed by atoms with van der Waals surface area (Å²) < 4.78 is 4.92. The number of rotatable bonds is 6. The van der Waals surface area contributed by atoms with Crippen LogP contribution >= 0.6 is 0 Å². The molecular weight excluding hydrogens is 256 g/mol. The molecule has 0 radical (unpaired) electrons. The molecule has 0 N–H and O–H groups in total. The molecule has 3 amide bonds. The lowest BCUT2D eigenvalue weighted by Gasteiger charge is -2.25. The van der Waals surface area contributed by atoms with Gasteiger partial charge in [-0.05, 0) is 12.0 Å². The molecule has 1 rings (SSSR count). The highest BCUT2D eigenvalue weighted by Crippen LogP contribution is 2.03. The van der Waals surface area contributed by atoms with E-state index in [1.807, 2.05) is 30.3 Å². The lowest BCUT2D eigenvalue weighted by molar-refractivity contribution is -0.126. The fourth-order valence-corrected chi connectivity index (χ4v) is 1.81. The van der Waals surface area contributed by atoms with E-state index < -0.39 is 0 Å². The summed E-state index contributed by atoms with van der Waals surface area (Å²) in [6.45, 7) is 2.58. The second kappa shape index (κ2) is 8.32. The van der Waals surface area contributed by atoms with E-state index in [2.05, 4.69) is 0 Å². The number of likely N-dealkylation sites (N-methyl/N-ethyl adjacent to an activating group) is 1. The number of amides is 3. The lowest BCUT2D eigenvalue weighted by atomic mass is 10.1. The number of nitrogens with zero attached hydrogens (tertiary/aromatic N) is 2. The van der Waals surface area contributed by atoms with Crippen molar-refractivity contribution in [1.82, 2.24) is 9.80 Å². The van der Waals surface area contributed by atoms with Crippen LogP contribution in [0.2, 0.25) is 0 Å². The van der Waals surface area contributed by atoms with Crippen LogP contribution in [0.1, 0.15) is 12.5 Å². The molecule has 0 atom stereocenters. The zero-order valence-corrected chi connectivity index (χ0v) is 12.3. The average molecular weight is 278 g/mol. The summed E-state index contributed by atoms with van der Waals surface area (Å²) in [5.41, 5.74) is 1.17. The van der Waals surface area contributed by atoms with Gasteiger partial charge in [0.25, 0.3) is 0 Å². The Morgan fingerprint density at radius 3 is 2.35 bits per heavy atom. The molecule has 0 aliphatic heterocycles. The fraction of sp³-hybridized carbons (Fsp3) is 0.467. The van der Waals surface area contributed by atoms with Crippen molar-refractivity contribution < 1.29 is 14.3 Å². The molecule has 5 nitrogen and oxygen atoms in total. The van der Waals surface area contributed by atoms with Crippen molar-refractivity contribution in [3.8, 4) is 0 Å².